The summed E-state index contributed by atoms with van der Waals surface area (Å²) in [4.78, 5) is 11.8. The Labute approximate surface area is 123 Å². The van der Waals surface area contributed by atoms with Crippen LogP contribution in [-0.2, 0) is 18.4 Å². The van der Waals surface area contributed by atoms with E-state index in [1.165, 1.54) is 18.5 Å². The van der Waals surface area contributed by atoms with Crippen molar-refractivity contribution in [3.05, 3.63) is 47.8 Å². The predicted molar refractivity (Wildman–Crippen MR) is 79.0 cm³/mol. The van der Waals surface area contributed by atoms with Crippen molar-refractivity contribution < 1.29 is 9.53 Å². The second-order valence-corrected chi connectivity index (χ2v) is 5.34. The van der Waals surface area contributed by atoms with Crippen molar-refractivity contribution in [2.24, 2.45) is 7.05 Å². The monoisotopic (exact) mass is 285 g/mol. The first-order valence-corrected chi connectivity index (χ1v) is 7.20. The summed E-state index contributed by atoms with van der Waals surface area (Å²) in [5.41, 5.74) is 2.16. The number of rotatable bonds is 6. The molecular formula is C16H19N3O2. The minimum absolute atomic E-state index is 0.0202. The maximum absolute atomic E-state index is 11.8. The van der Waals surface area contributed by atoms with Crippen LogP contribution in [0, 0.1) is 0 Å². The molecule has 1 N–H and O–H groups in total. The third-order valence-corrected chi connectivity index (χ3v) is 3.54. The first-order valence-electron chi connectivity index (χ1n) is 7.20. The van der Waals surface area contributed by atoms with Crippen LogP contribution in [0.25, 0.3) is 0 Å². The summed E-state index contributed by atoms with van der Waals surface area (Å²) in [5, 5.41) is 7.25. The van der Waals surface area contributed by atoms with E-state index in [1.54, 1.807) is 0 Å². The quantitative estimate of drug-likeness (QED) is 0.883. The number of aryl methyl sites for hydroxylation is 1. The summed E-state index contributed by atoms with van der Waals surface area (Å²) in [6.07, 6.45) is 2.49. The molecular weight excluding hydrogens is 266 g/mol. The molecule has 110 valence electrons. The van der Waals surface area contributed by atoms with Crippen molar-refractivity contribution in [3.8, 4) is 5.75 Å². The van der Waals surface area contributed by atoms with E-state index in [1.807, 2.05) is 42.1 Å². The zero-order valence-corrected chi connectivity index (χ0v) is 12.1. The lowest BCUT2D eigenvalue weighted by molar-refractivity contribution is -0.123. The van der Waals surface area contributed by atoms with Crippen LogP contribution < -0.4 is 10.1 Å². The summed E-state index contributed by atoms with van der Waals surface area (Å²) in [7, 11) is 1.96. The molecule has 0 unspecified atom stereocenters. The molecule has 0 bridgehead atoms. The number of para-hydroxylation sites is 1. The van der Waals surface area contributed by atoms with E-state index in [0.717, 1.165) is 5.69 Å². The lowest BCUT2D eigenvalue weighted by Gasteiger charge is -2.06. The van der Waals surface area contributed by atoms with E-state index in [-0.39, 0.29) is 12.5 Å². The number of ether oxygens (including phenoxy) is 1. The van der Waals surface area contributed by atoms with Gasteiger partial charge in [-0.25, -0.2) is 0 Å². The lowest BCUT2D eigenvalue weighted by Crippen LogP contribution is -2.28. The Morgan fingerprint density at radius 1 is 1.38 bits per heavy atom. The second-order valence-electron chi connectivity index (χ2n) is 5.34. The Balaban J connectivity index is 1.46. The van der Waals surface area contributed by atoms with Crippen molar-refractivity contribution >= 4 is 5.91 Å². The first kappa shape index (κ1) is 13.7. The Morgan fingerprint density at radius 2 is 2.14 bits per heavy atom. The highest BCUT2D eigenvalue weighted by molar-refractivity contribution is 5.77. The summed E-state index contributed by atoms with van der Waals surface area (Å²) in [6.45, 7) is 0.462. The number of hydrogen-bond acceptors (Lipinski definition) is 3. The smallest absolute Gasteiger partial charge is 0.258 e. The summed E-state index contributed by atoms with van der Waals surface area (Å²) in [5.74, 6) is 1.22. The van der Waals surface area contributed by atoms with Gasteiger partial charge in [0.1, 0.15) is 5.75 Å². The lowest BCUT2D eigenvalue weighted by atomic mass is 10.2. The standard InChI is InChI=1S/C16H19N3O2/c1-19-15(12-7-8-12)9-13(18-19)10-17-16(20)11-21-14-5-3-2-4-6-14/h2-6,9,12H,7-8,10-11H2,1H3,(H,17,20). The molecule has 2 aromatic rings. The van der Waals surface area contributed by atoms with Gasteiger partial charge in [-0.15, -0.1) is 0 Å². The van der Waals surface area contributed by atoms with E-state index >= 15 is 0 Å². The van der Waals surface area contributed by atoms with Crippen molar-refractivity contribution in [1.82, 2.24) is 15.1 Å². The normalized spacial score (nSPS) is 14.0. The van der Waals surface area contributed by atoms with E-state index in [0.29, 0.717) is 18.2 Å². The number of benzene rings is 1. The minimum atomic E-state index is -0.141. The highest BCUT2D eigenvalue weighted by Gasteiger charge is 2.27. The highest BCUT2D eigenvalue weighted by atomic mass is 16.5. The molecule has 0 radical (unpaired) electrons. The van der Waals surface area contributed by atoms with Gasteiger partial charge in [-0.1, -0.05) is 18.2 Å². The number of nitrogens with one attached hydrogen (secondary N) is 1. The largest absolute Gasteiger partial charge is 0.484 e. The maximum atomic E-state index is 11.8. The summed E-state index contributed by atoms with van der Waals surface area (Å²) < 4.78 is 7.31. The van der Waals surface area contributed by atoms with Gasteiger partial charge in [-0.3, -0.25) is 9.48 Å². The molecule has 5 nitrogen and oxygen atoms in total. The molecule has 1 aliphatic carbocycles. The molecule has 5 heteroatoms. The van der Waals surface area contributed by atoms with E-state index < -0.39 is 0 Å². The zero-order chi connectivity index (χ0) is 14.7. The van der Waals surface area contributed by atoms with Crippen molar-refractivity contribution in [3.63, 3.8) is 0 Å². The van der Waals surface area contributed by atoms with Crippen LogP contribution in [-0.4, -0.2) is 22.3 Å². The number of aromatic nitrogens is 2. The number of amides is 1. The number of nitrogens with zero attached hydrogens (tertiary/aromatic N) is 2. The van der Waals surface area contributed by atoms with Gasteiger partial charge in [0, 0.05) is 18.7 Å². The van der Waals surface area contributed by atoms with E-state index in [9.17, 15) is 4.79 Å². The fourth-order valence-electron chi connectivity index (χ4n) is 2.30. The Bertz CT molecular complexity index is 618. The maximum Gasteiger partial charge on any atom is 0.258 e. The van der Waals surface area contributed by atoms with Crippen molar-refractivity contribution in [1.29, 1.82) is 0 Å². The molecule has 1 saturated carbocycles. The van der Waals surface area contributed by atoms with Crippen LogP contribution in [0.4, 0.5) is 0 Å². The molecule has 0 spiro atoms. The molecule has 0 saturated heterocycles. The molecule has 1 heterocycles. The molecule has 3 rings (SSSR count). The molecule has 1 aromatic carbocycles. The topological polar surface area (TPSA) is 56.2 Å². The average Bonchev–Trinajstić information content (AvgIpc) is 3.27. The Hall–Kier alpha value is -2.30. The van der Waals surface area contributed by atoms with Crippen molar-refractivity contribution in [2.75, 3.05) is 6.61 Å². The van der Waals surface area contributed by atoms with Crippen molar-refractivity contribution in [2.45, 2.75) is 25.3 Å². The van der Waals surface area contributed by atoms with Crippen LogP contribution in [0.3, 0.4) is 0 Å². The van der Waals surface area contributed by atoms with Crippen LogP contribution in [0.15, 0.2) is 36.4 Å². The Kier molecular flexibility index (Phi) is 3.90. The van der Waals surface area contributed by atoms with Gasteiger partial charge in [0.05, 0.1) is 12.2 Å². The third kappa shape index (κ3) is 3.62. The van der Waals surface area contributed by atoms with Gasteiger partial charge < -0.3 is 10.1 Å². The van der Waals surface area contributed by atoms with Gasteiger partial charge in [0.15, 0.2) is 6.61 Å². The van der Waals surface area contributed by atoms with Gasteiger partial charge in [-0.05, 0) is 31.0 Å². The number of hydrogen-bond donors (Lipinski definition) is 1. The van der Waals surface area contributed by atoms with Gasteiger partial charge >= 0.3 is 0 Å². The fraction of sp³-hybridized carbons (Fsp3) is 0.375. The molecule has 1 aromatic heterocycles. The summed E-state index contributed by atoms with van der Waals surface area (Å²) >= 11 is 0. The molecule has 1 aliphatic rings. The molecule has 1 amide bonds. The van der Waals surface area contributed by atoms with Crippen LogP contribution in [0.1, 0.15) is 30.1 Å². The van der Waals surface area contributed by atoms with Gasteiger partial charge in [0.2, 0.25) is 0 Å². The fourth-order valence-corrected chi connectivity index (χ4v) is 2.30. The number of carbonyl (C=O) groups excluding carboxylic acids is 1. The van der Waals surface area contributed by atoms with E-state index in [2.05, 4.69) is 16.5 Å². The van der Waals surface area contributed by atoms with Crippen LogP contribution >= 0.6 is 0 Å². The number of carbonyl (C=O) groups is 1. The first-order chi connectivity index (χ1) is 10.2. The predicted octanol–water partition coefficient (Wildman–Crippen LogP) is 1.99. The highest BCUT2D eigenvalue weighted by Crippen LogP contribution is 2.39. The minimum Gasteiger partial charge on any atom is -0.484 e. The molecule has 0 aliphatic heterocycles. The molecule has 21 heavy (non-hydrogen) atoms. The van der Waals surface area contributed by atoms with E-state index in [4.69, 9.17) is 4.74 Å². The second kappa shape index (κ2) is 5.99. The van der Waals surface area contributed by atoms with Gasteiger partial charge in [0.25, 0.3) is 5.91 Å². The molecule has 0 atom stereocenters. The Morgan fingerprint density at radius 3 is 2.86 bits per heavy atom. The molecule has 1 fully saturated rings. The van der Waals surface area contributed by atoms with Crippen LogP contribution in [0.5, 0.6) is 5.75 Å². The zero-order valence-electron chi connectivity index (χ0n) is 12.1. The third-order valence-electron chi connectivity index (χ3n) is 3.54. The van der Waals surface area contributed by atoms with Crippen LogP contribution in [0.2, 0.25) is 0 Å². The van der Waals surface area contributed by atoms with Gasteiger partial charge in [-0.2, -0.15) is 5.10 Å². The average molecular weight is 285 g/mol. The summed E-state index contributed by atoms with van der Waals surface area (Å²) in [6, 6.07) is 11.4. The SMILES string of the molecule is Cn1nc(CNC(=O)COc2ccccc2)cc1C1CC1.